The molecule has 0 fully saturated rings. The monoisotopic (exact) mass is 232 g/mol. The number of rotatable bonds is 7. The van der Waals surface area contributed by atoms with E-state index in [2.05, 4.69) is 4.74 Å². The second-order valence-electron chi connectivity index (χ2n) is 2.70. The van der Waals surface area contributed by atoms with E-state index in [1.165, 1.54) is 7.11 Å². The molecule has 8 heteroatoms. The Bertz CT molecular complexity index is 245. The highest BCUT2D eigenvalue weighted by Gasteiger charge is 2.22. The third-order valence-electron chi connectivity index (χ3n) is 1.43. The lowest BCUT2D eigenvalue weighted by Crippen LogP contribution is -2.35. The van der Waals surface area contributed by atoms with Crippen LogP contribution >= 0.6 is 0 Å². The summed E-state index contributed by atoms with van der Waals surface area (Å²) in [6.45, 7) is 0.146. The van der Waals surface area contributed by atoms with E-state index in [-0.39, 0.29) is 25.6 Å². The first kappa shape index (κ1) is 13.7. The van der Waals surface area contributed by atoms with Gasteiger partial charge in [0.2, 0.25) is 0 Å². The maximum Gasteiger partial charge on any atom is 0.350 e. The minimum absolute atomic E-state index is 0.114. The summed E-state index contributed by atoms with van der Waals surface area (Å²) in [5, 5.41) is 0. The Morgan fingerprint density at radius 1 is 1.50 bits per heavy atom. The summed E-state index contributed by atoms with van der Waals surface area (Å²) in [7, 11) is -3.04. The summed E-state index contributed by atoms with van der Waals surface area (Å²) >= 11 is 0. The van der Waals surface area contributed by atoms with E-state index in [9.17, 15) is 17.2 Å². The van der Waals surface area contributed by atoms with Crippen LogP contribution in [0.3, 0.4) is 0 Å². The van der Waals surface area contributed by atoms with Gasteiger partial charge in [-0.05, 0) is 6.42 Å². The van der Waals surface area contributed by atoms with Gasteiger partial charge in [0.25, 0.3) is 10.0 Å². The molecule has 1 unspecified atom stereocenters. The molecule has 0 spiro atoms. The van der Waals surface area contributed by atoms with Crippen LogP contribution in [-0.4, -0.2) is 40.5 Å². The number of nitrogens with one attached hydrogen (secondary N) is 1. The molecule has 5 nitrogen and oxygen atoms in total. The highest BCUT2D eigenvalue weighted by atomic mass is 32.2. The Labute approximate surface area is 81.7 Å². The highest BCUT2D eigenvalue weighted by Crippen LogP contribution is 2.01. The van der Waals surface area contributed by atoms with E-state index in [1.807, 2.05) is 0 Å². The Kier molecular flexibility index (Phi) is 6.09. The summed E-state index contributed by atoms with van der Waals surface area (Å²) in [5.74, 6) is -3.40. The Morgan fingerprint density at radius 2 is 2.07 bits per heavy atom. The molecule has 0 aromatic heterocycles. The number of ether oxygens (including phenoxy) is 1. The van der Waals surface area contributed by atoms with Crippen molar-refractivity contribution in [2.45, 2.75) is 18.2 Å². The van der Waals surface area contributed by atoms with Crippen LogP contribution in [-0.2, 0) is 14.8 Å². The van der Waals surface area contributed by atoms with Gasteiger partial charge in [-0.2, -0.15) is 8.78 Å². The molecule has 0 saturated carbocycles. The second-order valence-corrected chi connectivity index (χ2v) is 4.44. The average molecular weight is 232 g/mol. The average Bonchev–Trinajstić information content (AvgIpc) is 2.04. The first-order valence-corrected chi connectivity index (χ1v) is 5.46. The van der Waals surface area contributed by atoms with Crippen LogP contribution in [0.2, 0.25) is 0 Å². The number of hydrogen-bond donors (Lipinski definition) is 2. The predicted molar refractivity (Wildman–Crippen MR) is 47.4 cm³/mol. The predicted octanol–water partition coefficient (Wildman–Crippen LogP) is -0.508. The van der Waals surface area contributed by atoms with E-state index >= 15 is 0 Å². The second kappa shape index (κ2) is 6.23. The molecule has 0 amide bonds. The van der Waals surface area contributed by atoms with Gasteiger partial charge in [-0.25, -0.2) is 13.1 Å². The molecule has 14 heavy (non-hydrogen) atoms. The van der Waals surface area contributed by atoms with E-state index in [0.29, 0.717) is 0 Å². The third-order valence-corrected chi connectivity index (χ3v) is 2.51. The van der Waals surface area contributed by atoms with Gasteiger partial charge in [-0.3, -0.25) is 0 Å². The Morgan fingerprint density at radius 3 is 2.50 bits per heavy atom. The fraction of sp³-hybridized carbons (Fsp3) is 1.00. The van der Waals surface area contributed by atoms with Crippen LogP contribution in [0.4, 0.5) is 8.78 Å². The van der Waals surface area contributed by atoms with Crippen LogP contribution < -0.4 is 10.5 Å². The number of nitrogens with two attached hydrogens (primary N) is 1. The third kappa shape index (κ3) is 5.43. The molecule has 0 radical (unpaired) electrons. The number of hydrogen-bond acceptors (Lipinski definition) is 4. The van der Waals surface area contributed by atoms with Gasteiger partial charge in [0, 0.05) is 19.7 Å². The van der Waals surface area contributed by atoms with E-state index < -0.39 is 15.8 Å². The smallest absolute Gasteiger partial charge is 0.350 e. The van der Waals surface area contributed by atoms with Gasteiger partial charge in [0.15, 0.2) is 0 Å². The van der Waals surface area contributed by atoms with Gasteiger partial charge in [-0.15, -0.1) is 0 Å². The molecule has 1 atom stereocenters. The van der Waals surface area contributed by atoms with Crippen LogP contribution in [0.1, 0.15) is 6.42 Å². The van der Waals surface area contributed by atoms with E-state index in [4.69, 9.17) is 5.73 Å². The molecule has 0 aromatic carbocycles. The summed E-state index contributed by atoms with van der Waals surface area (Å²) in [6.07, 6.45) is 0.250. The first-order valence-electron chi connectivity index (χ1n) is 3.91. The van der Waals surface area contributed by atoms with Crippen molar-refractivity contribution in [2.75, 3.05) is 20.3 Å². The maximum absolute atomic E-state index is 11.8. The molecule has 0 rings (SSSR count). The zero-order chi connectivity index (χ0) is 11.2. The van der Waals surface area contributed by atoms with E-state index in [0.717, 1.165) is 0 Å². The van der Waals surface area contributed by atoms with Crippen LogP contribution in [0.15, 0.2) is 0 Å². The molecule has 0 aliphatic heterocycles. The lowest BCUT2D eigenvalue weighted by molar-refractivity contribution is 0.177. The number of sulfonamides is 1. The minimum Gasteiger partial charge on any atom is -0.383 e. The summed E-state index contributed by atoms with van der Waals surface area (Å²) < 4.78 is 51.0. The maximum atomic E-state index is 11.8. The minimum atomic E-state index is -4.49. The zero-order valence-electron chi connectivity index (χ0n) is 7.74. The van der Waals surface area contributed by atoms with Crippen LogP contribution in [0, 0.1) is 0 Å². The standard InChI is InChI=1S/C6H14F2N2O3S/c1-13-4-5(9)2-3-10-14(11,12)6(7)8/h5-6,10H,2-4,9H2,1H3. The molecular weight excluding hydrogens is 218 g/mol. The van der Waals surface area contributed by atoms with Crippen molar-refractivity contribution in [3.8, 4) is 0 Å². The summed E-state index contributed by atoms with van der Waals surface area (Å²) in [5.41, 5.74) is 5.44. The molecule has 0 saturated heterocycles. The quantitative estimate of drug-likeness (QED) is 0.619. The Hall–Kier alpha value is -0.310. The Balaban J connectivity index is 3.74. The first-order chi connectivity index (χ1) is 6.40. The SMILES string of the molecule is COCC(N)CCNS(=O)(=O)C(F)F. The van der Waals surface area contributed by atoms with Crippen molar-refractivity contribution in [3.63, 3.8) is 0 Å². The lowest BCUT2D eigenvalue weighted by Gasteiger charge is -2.10. The van der Waals surface area contributed by atoms with Crippen molar-refractivity contribution in [2.24, 2.45) is 5.73 Å². The lowest BCUT2D eigenvalue weighted by atomic mass is 10.2. The fourth-order valence-electron chi connectivity index (χ4n) is 0.747. The van der Waals surface area contributed by atoms with Crippen molar-refractivity contribution >= 4 is 10.0 Å². The number of alkyl halides is 2. The zero-order valence-corrected chi connectivity index (χ0v) is 8.56. The topological polar surface area (TPSA) is 81.4 Å². The van der Waals surface area contributed by atoms with Crippen molar-refractivity contribution in [3.05, 3.63) is 0 Å². The van der Waals surface area contributed by atoms with Gasteiger partial charge >= 0.3 is 5.76 Å². The highest BCUT2D eigenvalue weighted by molar-refractivity contribution is 7.89. The van der Waals surface area contributed by atoms with Crippen molar-refractivity contribution in [1.29, 1.82) is 0 Å². The number of methoxy groups -OCH3 is 1. The van der Waals surface area contributed by atoms with Gasteiger partial charge in [-0.1, -0.05) is 0 Å². The molecule has 0 aliphatic rings. The summed E-state index contributed by atoms with van der Waals surface area (Å²) in [4.78, 5) is 0. The molecule has 0 aromatic rings. The summed E-state index contributed by atoms with van der Waals surface area (Å²) in [6, 6.07) is -0.361. The van der Waals surface area contributed by atoms with Crippen molar-refractivity contribution in [1.82, 2.24) is 4.72 Å². The van der Waals surface area contributed by atoms with Gasteiger partial charge in [0.1, 0.15) is 0 Å². The molecule has 86 valence electrons. The van der Waals surface area contributed by atoms with Gasteiger partial charge < -0.3 is 10.5 Å². The fourth-order valence-corrected chi connectivity index (χ4v) is 1.28. The molecular formula is C6H14F2N2O3S. The molecule has 0 heterocycles. The van der Waals surface area contributed by atoms with Crippen LogP contribution in [0.5, 0.6) is 0 Å². The number of halogens is 2. The van der Waals surface area contributed by atoms with Gasteiger partial charge in [0.05, 0.1) is 6.61 Å². The molecule has 3 N–H and O–H groups in total. The van der Waals surface area contributed by atoms with E-state index in [1.54, 1.807) is 4.72 Å². The normalized spacial score (nSPS) is 14.6. The van der Waals surface area contributed by atoms with Crippen molar-refractivity contribution < 1.29 is 21.9 Å². The molecule has 0 aliphatic carbocycles. The molecule has 0 bridgehead atoms. The van der Waals surface area contributed by atoms with Crippen LogP contribution in [0.25, 0.3) is 0 Å². The largest absolute Gasteiger partial charge is 0.383 e.